The number of fused-ring (bicyclic) bond motifs is 1. The molecule has 2 rings (SSSR count). The third-order valence-corrected chi connectivity index (χ3v) is 5.14. The van der Waals surface area contributed by atoms with Gasteiger partial charge in [-0.25, -0.2) is 8.42 Å². The lowest BCUT2D eigenvalue weighted by Crippen LogP contribution is -1.90. The Kier molecular flexibility index (Phi) is 2.53. The summed E-state index contributed by atoms with van der Waals surface area (Å²) < 4.78 is 23.8. The van der Waals surface area contributed by atoms with Gasteiger partial charge in [0, 0.05) is 25.6 Å². The molecule has 5 heteroatoms. The van der Waals surface area contributed by atoms with Crippen LogP contribution in [0.5, 0.6) is 0 Å². The zero-order valence-corrected chi connectivity index (χ0v) is 10.6. The highest BCUT2D eigenvalue weighted by Gasteiger charge is 2.20. The van der Waals surface area contributed by atoms with E-state index in [2.05, 4.69) is 0 Å². The molecule has 0 amide bonds. The van der Waals surface area contributed by atoms with Crippen molar-refractivity contribution < 1.29 is 8.42 Å². The van der Waals surface area contributed by atoms with Gasteiger partial charge >= 0.3 is 0 Å². The Morgan fingerprint density at radius 2 is 1.93 bits per heavy atom. The van der Waals surface area contributed by atoms with Crippen LogP contribution in [-0.2, 0) is 9.05 Å². The Morgan fingerprint density at radius 1 is 1.27 bits per heavy atom. The average Bonchev–Trinajstić information content (AvgIpc) is 2.41. The molecule has 0 fully saturated rings. The van der Waals surface area contributed by atoms with Gasteiger partial charge in [-0.15, -0.1) is 11.3 Å². The van der Waals surface area contributed by atoms with E-state index in [0.717, 1.165) is 20.5 Å². The molecule has 0 N–H and O–H groups in total. The van der Waals surface area contributed by atoms with Crippen LogP contribution in [0.4, 0.5) is 0 Å². The van der Waals surface area contributed by atoms with E-state index in [4.69, 9.17) is 10.7 Å². The summed E-state index contributed by atoms with van der Waals surface area (Å²) in [6.07, 6.45) is 0. The van der Waals surface area contributed by atoms with Crippen molar-refractivity contribution >= 4 is 41.2 Å². The van der Waals surface area contributed by atoms with Crippen molar-refractivity contribution in [2.45, 2.75) is 18.7 Å². The first-order valence-electron chi connectivity index (χ1n) is 4.34. The first-order valence-corrected chi connectivity index (χ1v) is 7.47. The Hall–Kier alpha value is -0.580. The van der Waals surface area contributed by atoms with E-state index in [1.807, 2.05) is 19.1 Å². The van der Waals surface area contributed by atoms with Crippen molar-refractivity contribution in [1.29, 1.82) is 0 Å². The third-order valence-electron chi connectivity index (χ3n) is 2.28. The zero-order chi connectivity index (χ0) is 11.2. The average molecular weight is 261 g/mol. The molecule has 0 aliphatic carbocycles. The van der Waals surface area contributed by atoms with Crippen LogP contribution in [0.1, 0.15) is 10.4 Å². The SMILES string of the molecule is Cc1sc2c(C)cccc2c1S(=O)(=O)Cl. The molecule has 0 saturated carbocycles. The van der Waals surface area contributed by atoms with Gasteiger partial charge in [0.15, 0.2) is 0 Å². The first kappa shape index (κ1) is 10.9. The van der Waals surface area contributed by atoms with Crippen molar-refractivity contribution in [2.24, 2.45) is 0 Å². The highest BCUT2D eigenvalue weighted by Crippen LogP contribution is 2.37. The first-order chi connectivity index (χ1) is 6.91. The minimum atomic E-state index is -3.65. The smallest absolute Gasteiger partial charge is 0.207 e. The number of halogens is 1. The maximum absolute atomic E-state index is 11.4. The number of benzene rings is 1. The summed E-state index contributed by atoms with van der Waals surface area (Å²) in [5.41, 5.74) is 1.08. The Morgan fingerprint density at radius 3 is 2.53 bits per heavy atom. The summed E-state index contributed by atoms with van der Waals surface area (Å²) in [5, 5.41) is 0.729. The molecule has 2 nitrogen and oxygen atoms in total. The minimum Gasteiger partial charge on any atom is -0.207 e. The molecule has 2 aromatic rings. The third kappa shape index (κ3) is 1.77. The molecule has 0 unspecified atom stereocenters. The van der Waals surface area contributed by atoms with Crippen LogP contribution in [0.25, 0.3) is 10.1 Å². The largest absolute Gasteiger partial charge is 0.263 e. The monoisotopic (exact) mass is 260 g/mol. The zero-order valence-electron chi connectivity index (χ0n) is 8.24. The summed E-state index contributed by atoms with van der Waals surface area (Å²) >= 11 is 1.47. The minimum absolute atomic E-state index is 0.257. The highest BCUT2D eigenvalue weighted by molar-refractivity contribution is 8.14. The number of aryl methyl sites for hydroxylation is 2. The topological polar surface area (TPSA) is 34.1 Å². The van der Waals surface area contributed by atoms with Gasteiger partial charge in [-0.3, -0.25) is 0 Å². The van der Waals surface area contributed by atoms with E-state index in [-0.39, 0.29) is 4.90 Å². The molecule has 0 radical (unpaired) electrons. The number of rotatable bonds is 1. The van der Waals surface area contributed by atoms with Gasteiger partial charge in [0.2, 0.25) is 0 Å². The van der Waals surface area contributed by atoms with Gasteiger partial charge in [-0.05, 0) is 19.4 Å². The standard InChI is InChI=1S/C10H9ClO2S2/c1-6-4-3-5-8-9(6)14-7(2)10(8)15(11,12)13/h3-5H,1-2H3. The molecule has 1 aromatic heterocycles. The molecule has 15 heavy (non-hydrogen) atoms. The second-order valence-corrected chi connectivity index (χ2v) is 7.10. The fourth-order valence-corrected chi connectivity index (χ4v) is 4.71. The summed E-state index contributed by atoms with van der Waals surface area (Å²) in [4.78, 5) is 1.00. The fourth-order valence-electron chi connectivity index (χ4n) is 1.66. The molecular weight excluding hydrogens is 252 g/mol. The Labute approximate surface area is 96.9 Å². The maximum Gasteiger partial charge on any atom is 0.263 e. The summed E-state index contributed by atoms with van der Waals surface area (Å²) in [6.45, 7) is 3.74. The van der Waals surface area contributed by atoms with E-state index < -0.39 is 9.05 Å². The van der Waals surface area contributed by atoms with Crippen LogP contribution in [0.3, 0.4) is 0 Å². The van der Waals surface area contributed by atoms with Gasteiger partial charge in [0.1, 0.15) is 4.90 Å². The van der Waals surface area contributed by atoms with Gasteiger partial charge in [-0.2, -0.15) is 0 Å². The summed E-state index contributed by atoms with van der Waals surface area (Å²) in [5.74, 6) is 0. The molecule has 0 spiro atoms. The molecule has 0 aliphatic heterocycles. The van der Waals surface area contributed by atoms with Crippen molar-refractivity contribution in [3.63, 3.8) is 0 Å². The quantitative estimate of drug-likeness (QED) is 0.736. The molecule has 1 heterocycles. The lowest BCUT2D eigenvalue weighted by molar-refractivity contribution is 0.610. The summed E-state index contributed by atoms with van der Waals surface area (Å²) in [7, 11) is 1.76. The van der Waals surface area contributed by atoms with Gasteiger partial charge in [0.05, 0.1) is 0 Å². The molecule has 0 atom stereocenters. The second-order valence-electron chi connectivity index (χ2n) is 3.38. The molecule has 0 bridgehead atoms. The van der Waals surface area contributed by atoms with Crippen LogP contribution in [0.15, 0.2) is 23.1 Å². The second kappa shape index (κ2) is 3.47. The Bertz CT molecular complexity index is 626. The van der Waals surface area contributed by atoms with Crippen LogP contribution >= 0.6 is 22.0 Å². The number of hydrogen-bond acceptors (Lipinski definition) is 3. The molecule has 80 valence electrons. The lowest BCUT2D eigenvalue weighted by atomic mass is 10.2. The van der Waals surface area contributed by atoms with Crippen molar-refractivity contribution in [2.75, 3.05) is 0 Å². The van der Waals surface area contributed by atoms with Crippen LogP contribution < -0.4 is 0 Å². The molecule has 0 aliphatic rings. The van der Waals surface area contributed by atoms with Crippen molar-refractivity contribution in [1.82, 2.24) is 0 Å². The number of hydrogen-bond donors (Lipinski definition) is 0. The highest BCUT2D eigenvalue weighted by atomic mass is 35.7. The van der Waals surface area contributed by atoms with Crippen molar-refractivity contribution in [3.05, 3.63) is 28.6 Å². The van der Waals surface area contributed by atoms with Gasteiger partial charge in [-0.1, -0.05) is 18.2 Å². The van der Waals surface area contributed by atoms with E-state index in [1.54, 1.807) is 13.0 Å². The van der Waals surface area contributed by atoms with Crippen LogP contribution in [0.2, 0.25) is 0 Å². The predicted molar refractivity (Wildman–Crippen MR) is 64.3 cm³/mol. The van der Waals surface area contributed by atoms with Gasteiger partial charge in [0.25, 0.3) is 9.05 Å². The Balaban J connectivity index is 2.99. The van der Waals surface area contributed by atoms with Gasteiger partial charge < -0.3 is 0 Å². The molecule has 0 saturated heterocycles. The van der Waals surface area contributed by atoms with E-state index in [9.17, 15) is 8.42 Å². The normalized spacial score (nSPS) is 12.2. The fraction of sp³-hybridized carbons (Fsp3) is 0.200. The van der Waals surface area contributed by atoms with E-state index >= 15 is 0 Å². The van der Waals surface area contributed by atoms with Crippen molar-refractivity contribution in [3.8, 4) is 0 Å². The maximum atomic E-state index is 11.4. The van der Waals surface area contributed by atoms with Crippen LogP contribution in [0, 0.1) is 13.8 Å². The summed E-state index contributed by atoms with van der Waals surface area (Å²) in [6, 6.07) is 5.60. The molecule has 1 aromatic carbocycles. The predicted octanol–water partition coefficient (Wildman–Crippen LogP) is 3.45. The van der Waals surface area contributed by atoms with Crippen LogP contribution in [-0.4, -0.2) is 8.42 Å². The van der Waals surface area contributed by atoms with E-state index in [0.29, 0.717) is 0 Å². The lowest BCUT2D eigenvalue weighted by Gasteiger charge is -1.96. The number of thiophene rings is 1. The molecular formula is C10H9ClO2S2. The van der Waals surface area contributed by atoms with E-state index in [1.165, 1.54) is 11.3 Å².